The average Bonchev–Trinajstić information content (AvgIpc) is 2.25. The Bertz CT molecular complexity index is 351. The van der Waals surface area contributed by atoms with Gasteiger partial charge in [-0.1, -0.05) is 30.3 Å². The summed E-state index contributed by atoms with van der Waals surface area (Å²) >= 11 is 0. The molecule has 2 rings (SSSR count). The lowest BCUT2D eigenvalue weighted by Crippen LogP contribution is -2.49. The van der Waals surface area contributed by atoms with E-state index in [1.165, 1.54) is 0 Å². The Morgan fingerprint density at radius 2 is 2.12 bits per heavy atom. The molecule has 0 aromatic heterocycles. The highest BCUT2D eigenvalue weighted by molar-refractivity contribution is 5.75. The fourth-order valence-corrected chi connectivity index (χ4v) is 1.52. The first-order valence-corrected chi connectivity index (χ1v) is 5.32. The first-order chi connectivity index (χ1) is 7.77. The predicted octanol–water partition coefficient (Wildman–Crippen LogP) is 1.29. The van der Waals surface area contributed by atoms with Gasteiger partial charge in [-0.15, -0.1) is 0 Å². The number of benzene rings is 1. The molecule has 1 fully saturated rings. The number of ether oxygens (including phenoxy) is 1. The fraction of sp³-hybridized carbons (Fsp3) is 0.417. The van der Waals surface area contributed by atoms with Crippen LogP contribution in [0.1, 0.15) is 5.56 Å². The second-order valence-electron chi connectivity index (χ2n) is 3.91. The number of carbonyl (C=O) groups excluding carboxylic acids is 1. The minimum atomic E-state index is -1.50. The van der Waals surface area contributed by atoms with Crippen LogP contribution in [0.25, 0.3) is 0 Å². The lowest BCUT2D eigenvalue weighted by Gasteiger charge is -2.28. The molecule has 1 aromatic rings. The molecule has 0 aliphatic carbocycles. The Kier molecular flexibility index (Phi) is 3.51. The van der Waals surface area contributed by atoms with Crippen LogP contribution in [0, 0.1) is 5.92 Å². The van der Waals surface area contributed by atoms with Gasteiger partial charge < -0.3 is 10.1 Å². The maximum atomic E-state index is 13.4. The van der Waals surface area contributed by atoms with E-state index in [0.29, 0.717) is 13.1 Å². The fourth-order valence-electron chi connectivity index (χ4n) is 1.52. The molecule has 16 heavy (non-hydrogen) atoms. The summed E-state index contributed by atoms with van der Waals surface area (Å²) in [6, 6.07) is 9.26. The van der Waals surface area contributed by atoms with Crippen LogP contribution in [0.4, 0.5) is 4.39 Å². The van der Waals surface area contributed by atoms with Gasteiger partial charge in [-0.2, -0.15) is 0 Å². The Balaban J connectivity index is 1.79. The highest BCUT2D eigenvalue weighted by Crippen LogP contribution is 2.15. The summed E-state index contributed by atoms with van der Waals surface area (Å²) in [4.78, 5) is 11.3. The smallest absolute Gasteiger partial charge is 0.341 e. The largest absolute Gasteiger partial charge is 0.459 e. The van der Waals surface area contributed by atoms with Crippen molar-refractivity contribution in [3.8, 4) is 0 Å². The number of carbonyl (C=O) groups is 1. The van der Waals surface area contributed by atoms with E-state index < -0.39 is 12.1 Å². The van der Waals surface area contributed by atoms with Crippen LogP contribution in [-0.4, -0.2) is 25.2 Å². The van der Waals surface area contributed by atoms with E-state index in [1.807, 2.05) is 30.3 Å². The van der Waals surface area contributed by atoms with Crippen LogP contribution < -0.4 is 5.32 Å². The van der Waals surface area contributed by atoms with Gasteiger partial charge in [0.15, 0.2) is 0 Å². The summed E-state index contributed by atoms with van der Waals surface area (Å²) in [5, 5.41) is 2.92. The molecule has 3 nitrogen and oxygen atoms in total. The molecular formula is C12H14FNO2. The van der Waals surface area contributed by atoms with Crippen molar-refractivity contribution in [1.82, 2.24) is 5.32 Å². The topological polar surface area (TPSA) is 38.3 Å². The molecule has 0 saturated carbocycles. The normalized spacial score (nSPS) is 17.6. The zero-order valence-electron chi connectivity index (χ0n) is 8.86. The molecule has 0 spiro atoms. The third kappa shape index (κ3) is 2.58. The van der Waals surface area contributed by atoms with E-state index in [-0.39, 0.29) is 12.5 Å². The van der Waals surface area contributed by atoms with Crippen LogP contribution in [0.2, 0.25) is 0 Å². The van der Waals surface area contributed by atoms with E-state index in [0.717, 1.165) is 5.56 Å². The molecule has 0 radical (unpaired) electrons. The van der Waals surface area contributed by atoms with Gasteiger partial charge in [-0.05, 0) is 5.56 Å². The molecule has 1 N–H and O–H groups in total. The average molecular weight is 223 g/mol. The van der Waals surface area contributed by atoms with Crippen LogP contribution >= 0.6 is 0 Å². The van der Waals surface area contributed by atoms with Crippen molar-refractivity contribution >= 4 is 5.97 Å². The lowest BCUT2D eigenvalue weighted by molar-refractivity contribution is -0.154. The summed E-state index contributed by atoms with van der Waals surface area (Å²) in [5.41, 5.74) is 0.870. The molecule has 1 unspecified atom stereocenters. The van der Waals surface area contributed by atoms with Crippen molar-refractivity contribution in [2.24, 2.45) is 5.92 Å². The second-order valence-corrected chi connectivity index (χ2v) is 3.91. The lowest BCUT2D eigenvalue weighted by atomic mass is 9.98. The Labute approximate surface area is 93.6 Å². The first kappa shape index (κ1) is 11.1. The van der Waals surface area contributed by atoms with Gasteiger partial charge in [0, 0.05) is 19.0 Å². The third-order valence-electron chi connectivity index (χ3n) is 2.68. The minimum Gasteiger partial charge on any atom is -0.459 e. The minimum absolute atomic E-state index is 0.139. The van der Waals surface area contributed by atoms with Crippen LogP contribution in [0.3, 0.4) is 0 Å². The van der Waals surface area contributed by atoms with Crippen molar-refractivity contribution < 1.29 is 13.9 Å². The number of hydrogen-bond acceptors (Lipinski definition) is 3. The third-order valence-corrected chi connectivity index (χ3v) is 2.68. The van der Waals surface area contributed by atoms with Crippen LogP contribution in [0.5, 0.6) is 0 Å². The monoisotopic (exact) mass is 223 g/mol. The Morgan fingerprint density at radius 3 is 2.69 bits per heavy atom. The number of hydrogen-bond donors (Lipinski definition) is 1. The standard InChI is InChI=1S/C12H14FNO2/c13-11(10-6-14-7-10)12(15)16-8-9-4-2-1-3-5-9/h1-5,10-11,14H,6-8H2. The van der Waals surface area contributed by atoms with Gasteiger partial charge in [-0.3, -0.25) is 0 Å². The van der Waals surface area contributed by atoms with Gasteiger partial charge in [0.05, 0.1) is 0 Å². The van der Waals surface area contributed by atoms with Gasteiger partial charge in [-0.25, -0.2) is 9.18 Å². The zero-order chi connectivity index (χ0) is 11.4. The highest BCUT2D eigenvalue weighted by atomic mass is 19.1. The number of rotatable bonds is 4. The van der Waals surface area contributed by atoms with E-state index in [1.54, 1.807) is 0 Å². The SMILES string of the molecule is O=C(OCc1ccccc1)C(F)C1CNC1. The van der Waals surface area contributed by atoms with Crippen LogP contribution in [0.15, 0.2) is 30.3 Å². The van der Waals surface area contributed by atoms with Crippen molar-refractivity contribution in [3.05, 3.63) is 35.9 Å². The second kappa shape index (κ2) is 5.07. The maximum absolute atomic E-state index is 13.4. The van der Waals surface area contributed by atoms with Crippen molar-refractivity contribution in [1.29, 1.82) is 0 Å². The van der Waals surface area contributed by atoms with Gasteiger partial charge in [0.25, 0.3) is 0 Å². The van der Waals surface area contributed by atoms with Gasteiger partial charge in [0.2, 0.25) is 6.17 Å². The predicted molar refractivity (Wildman–Crippen MR) is 57.5 cm³/mol. The summed E-state index contributed by atoms with van der Waals surface area (Å²) in [7, 11) is 0. The summed E-state index contributed by atoms with van der Waals surface area (Å²) in [6.45, 7) is 1.25. The van der Waals surface area contributed by atoms with Gasteiger partial charge in [0.1, 0.15) is 6.61 Å². The van der Waals surface area contributed by atoms with E-state index >= 15 is 0 Å². The molecule has 1 saturated heterocycles. The molecule has 1 aliphatic heterocycles. The Hall–Kier alpha value is -1.42. The Morgan fingerprint density at radius 1 is 1.44 bits per heavy atom. The summed E-state index contributed by atoms with van der Waals surface area (Å²) < 4.78 is 18.3. The molecule has 4 heteroatoms. The molecule has 86 valence electrons. The van der Waals surface area contributed by atoms with E-state index in [4.69, 9.17) is 4.74 Å². The van der Waals surface area contributed by atoms with Crippen molar-refractivity contribution in [2.45, 2.75) is 12.8 Å². The maximum Gasteiger partial charge on any atom is 0.341 e. The van der Waals surface area contributed by atoms with Crippen LogP contribution in [-0.2, 0) is 16.1 Å². The van der Waals surface area contributed by atoms with E-state index in [9.17, 15) is 9.18 Å². The van der Waals surface area contributed by atoms with E-state index in [2.05, 4.69) is 5.32 Å². The summed E-state index contributed by atoms with van der Waals surface area (Å²) in [5.74, 6) is -0.973. The molecule has 1 aromatic carbocycles. The number of alkyl halides is 1. The highest BCUT2D eigenvalue weighted by Gasteiger charge is 2.33. The molecule has 0 amide bonds. The van der Waals surface area contributed by atoms with Gasteiger partial charge >= 0.3 is 5.97 Å². The number of halogens is 1. The molecular weight excluding hydrogens is 209 g/mol. The van der Waals surface area contributed by atoms with Crippen molar-refractivity contribution in [2.75, 3.05) is 13.1 Å². The number of esters is 1. The molecule has 1 heterocycles. The molecule has 0 bridgehead atoms. The molecule has 1 atom stereocenters. The zero-order valence-corrected chi connectivity index (χ0v) is 8.86. The summed E-state index contributed by atoms with van der Waals surface area (Å²) in [6.07, 6.45) is -1.50. The molecule has 1 aliphatic rings. The first-order valence-electron chi connectivity index (χ1n) is 5.32. The number of nitrogens with one attached hydrogen (secondary N) is 1. The van der Waals surface area contributed by atoms with Crippen molar-refractivity contribution in [3.63, 3.8) is 0 Å². The quantitative estimate of drug-likeness (QED) is 0.782.